The Morgan fingerprint density at radius 1 is 1.23 bits per heavy atom. The number of hydrogen-bond acceptors (Lipinski definition) is 5. The molecule has 1 N–H and O–H groups in total. The van der Waals surface area contributed by atoms with Crippen LogP contribution in [-0.2, 0) is 5.75 Å². The predicted molar refractivity (Wildman–Crippen MR) is 105 cm³/mol. The largest absolute Gasteiger partial charge is 0.296 e. The van der Waals surface area contributed by atoms with Crippen LogP contribution in [0.2, 0.25) is 10.0 Å². The van der Waals surface area contributed by atoms with Crippen LogP contribution in [0.15, 0.2) is 40.7 Å². The highest BCUT2D eigenvalue weighted by molar-refractivity contribution is 8.00. The fourth-order valence-corrected chi connectivity index (χ4v) is 4.50. The number of amides is 1. The normalized spacial score (nSPS) is 10.8. The van der Waals surface area contributed by atoms with Crippen molar-refractivity contribution in [2.24, 2.45) is 0 Å². The number of nitrogens with zero attached hydrogens (tertiary/aromatic N) is 2. The van der Waals surface area contributed by atoms with Gasteiger partial charge < -0.3 is 0 Å². The molecule has 0 aliphatic rings. The quantitative estimate of drug-likeness (QED) is 0.410. The van der Waals surface area contributed by atoms with Gasteiger partial charge in [-0.3, -0.25) is 10.1 Å². The Hall–Kier alpha value is -1.67. The first-order chi connectivity index (χ1) is 12.4. The number of thioether (sulfide) groups is 1. The molecule has 0 saturated carbocycles. The summed E-state index contributed by atoms with van der Waals surface area (Å²) in [5, 5.41) is 11.7. The highest BCUT2D eigenvalue weighted by Gasteiger charge is 2.14. The second kappa shape index (κ2) is 8.35. The van der Waals surface area contributed by atoms with Crippen LogP contribution in [0.25, 0.3) is 0 Å². The number of aromatic nitrogens is 2. The lowest BCUT2D eigenvalue weighted by molar-refractivity contribution is 0.102. The fourth-order valence-electron chi connectivity index (χ4n) is 2.09. The van der Waals surface area contributed by atoms with Gasteiger partial charge in [-0.1, -0.05) is 58.4 Å². The van der Waals surface area contributed by atoms with E-state index < -0.39 is 0 Å². The van der Waals surface area contributed by atoms with Crippen LogP contribution in [0.5, 0.6) is 0 Å². The van der Waals surface area contributed by atoms with E-state index in [1.165, 1.54) is 29.2 Å². The van der Waals surface area contributed by atoms with Crippen LogP contribution in [0.3, 0.4) is 0 Å². The molecule has 0 atom stereocenters. The SMILES string of the molecule is Cc1ccc(C(=O)Nc2nnc(SCc3c(F)cccc3Cl)s2)c(Cl)c1. The lowest BCUT2D eigenvalue weighted by Gasteiger charge is -2.04. The molecular weight excluding hydrogens is 416 g/mol. The highest BCUT2D eigenvalue weighted by Crippen LogP contribution is 2.32. The molecule has 0 radical (unpaired) electrons. The third kappa shape index (κ3) is 4.54. The minimum absolute atomic E-state index is 0.317. The number of benzene rings is 2. The van der Waals surface area contributed by atoms with Crippen molar-refractivity contribution in [2.45, 2.75) is 17.0 Å². The van der Waals surface area contributed by atoms with Crippen LogP contribution in [0.1, 0.15) is 21.5 Å². The van der Waals surface area contributed by atoms with Gasteiger partial charge in [0.2, 0.25) is 5.13 Å². The smallest absolute Gasteiger partial charge is 0.259 e. The molecule has 0 bridgehead atoms. The highest BCUT2D eigenvalue weighted by atomic mass is 35.5. The van der Waals surface area contributed by atoms with E-state index in [-0.39, 0.29) is 11.7 Å². The minimum atomic E-state index is -0.364. The summed E-state index contributed by atoms with van der Waals surface area (Å²) >= 11 is 14.6. The number of hydrogen-bond donors (Lipinski definition) is 1. The van der Waals surface area contributed by atoms with Crippen molar-refractivity contribution in [3.05, 3.63) is 69.0 Å². The van der Waals surface area contributed by atoms with Gasteiger partial charge in [-0.15, -0.1) is 10.2 Å². The molecule has 0 aliphatic carbocycles. The van der Waals surface area contributed by atoms with Gasteiger partial charge in [-0.2, -0.15) is 0 Å². The molecule has 0 saturated heterocycles. The van der Waals surface area contributed by atoms with E-state index >= 15 is 0 Å². The summed E-state index contributed by atoms with van der Waals surface area (Å²) in [7, 11) is 0. The molecular formula is C17H12Cl2FN3OS2. The molecule has 0 spiro atoms. The number of anilines is 1. The van der Waals surface area contributed by atoms with Crippen LogP contribution in [-0.4, -0.2) is 16.1 Å². The van der Waals surface area contributed by atoms with Gasteiger partial charge in [0, 0.05) is 16.3 Å². The van der Waals surface area contributed by atoms with Gasteiger partial charge in [-0.25, -0.2) is 4.39 Å². The van der Waals surface area contributed by atoms with Gasteiger partial charge in [0.05, 0.1) is 10.6 Å². The number of halogens is 3. The maximum Gasteiger partial charge on any atom is 0.259 e. The van der Waals surface area contributed by atoms with Gasteiger partial charge >= 0.3 is 0 Å². The van der Waals surface area contributed by atoms with Crippen molar-refractivity contribution < 1.29 is 9.18 Å². The van der Waals surface area contributed by atoms with Crippen LogP contribution in [0.4, 0.5) is 9.52 Å². The zero-order chi connectivity index (χ0) is 18.7. The molecule has 0 fully saturated rings. The third-order valence-corrected chi connectivity index (χ3v) is 6.06. The Bertz CT molecular complexity index is 945. The van der Waals surface area contributed by atoms with Crippen molar-refractivity contribution in [1.29, 1.82) is 0 Å². The molecule has 0 aliphatic heterocycles. The number of carbonyl (C=O) groups is 1. The Balaban J connectivity index is 1.65. The Labute approximate surface area is 167 Å². The van der Waals surface area contributed by atoms with Crippen molar-refractivity contribution >= 4 is 57.3 Å². The number of carbonyl (C=O) groups excluding carboxylic acids is 1. The Morgan fingerprint density at radius 3 is 2.77 bits per heavy atom. The molecule has 2 aromatic carbocycles. The van der Waals surface area contributed by atoms with E-state index in [0.29, 0.717) is 36.4 Å². The number of aryl methyl sites for hydroxylation is 1. The van der Waals surface area contributed by atoms with Gasteiger partial charge in [0.25, 0.3) is 5.91 Å². The Kier molecular flexibility index (Phi) is 6.13. The molecule has 3 rings (SSSR count). The molecule has 1 amide bonds. The van der Waals surface area contributed by atoms with E-state index in [2.05, 4.69) is 15.5 Å². The van der Waals surface area contributed by atoms with Gasteiger partial charge in [-0.05, 0) is 36.8 Å². The molecule has 0 unspecified atom stereocenters. The van der Waals surface area contributed by atoms with E-state index in [4.69, 9.17) is 23.2 Å². The molecule has 9 heteroatoms. The zero-order valence-corrected chi connectivity index (χ0v) is 16.6. The summed E-state index contributed by atoms with van der Waals surface area (Å²) in [6, 6.07) is 9.73. The Morgan fingerprint density at radius 2 is 2.04 bits per heavy atom. The first-order valence-electron chi connectivity index (χ1n) is 7.40. The first kappa shape index (κ1) is 19.1. The van der Waals surface area contributed by atoms with Crippen LogP contribution in [0, 0.1) is 12.7 Å². The van der Waals surface area contributed by atoms with Gasteiger partial charge in [0.15, 0.2) is 4.34 Å². The topological polar surface area (TPSA) is 54.9 Å². The van der Waals surface area contributed by atoms with E-state index in [1.54, 1.807) is 30.3 Å². The molecule has 4 nitrogen and oxygen atoms in total. The van der Waals surface area contributed by atoms with E-state index in [9.17, 15) is 9.18 Å². The summed E-state index contributed by atoms with van der Waals surface area (Å²) < 4.78 is 14.4. The third-order valence-electron chi connectivity index (χ3n) is 3.40. The van der Waals surface area contributed by atoms with Crippen molar-refractivity contribution in [1.82, 2.24) is 10.2 Å². The fraction of sp³-hybridized carbons (Fsp3) is 0.118. The number of rotatable bonds is 5. The van der Waals surface area contributed by atoms with Crippen molar-refractivity contribution in [3.63, 3.8) is 0 Å². The average Bonchev–Trinajstić information content (AvgIpc) is 3.01. The molecule has 1 aromatic heterocycles. The lowest BCUT2D eigenvalue weighted by atomic mass is 10.1. The second-order valence-corrected chi connectivity index (χ2v) is 8.31. The first-order valence-corrected chi connectivity index (χ1v) is 9.96. The summed E-state index contributed by atoms with van der Waals surface area (Å²) in [6.07, 6.45) is 0. The van der Waals surface area contributed by atoms with Crippen molar-refractivity contribution in [2.75, 3.05) is 5.32 Å². The van der Waals surface area contributed by atoms with Gasteiger partial charge in [0.1, 0.15) is 5.82 Å². The summed E-state index contributed by atoms with van der Waals surface area (Å²) in [6.45, 7) is 1.89. The molecule has 26 heavy (non-hydrogen) atoms. The summed E-state index contributed by atoms with van der Waals surface area (Å²) in [5.41, 5.74) is 1.74. The summed E-state index contributed by atoms with van der Waals surface area (Å²) in [4.78, 5) is 12.3. The number of nitrogens with one attached hydrogen (secondary N) is 1. The summed E-state index contributed by atoms with van der Waals surface area (Å²) in [5.74, 6) is -0.408. The second-order valence-electron chi connectivity index (χ2n) is 5.30. The van der Waals surface area contributed by atoms with E-state index in [0.717, 1.165) is 5.56 Å². The van der Waals surface area contributed by atoms with Crippen LogP contribution < -0.4 is 5.32 Å². The minimum Gasteiger partial charge on any atom is -0.296 e. The zero-order valence-electron chi connectivity index (χ0n) is 13.4. The standard InChI is InChI=1S/C17H12Cl2FN3OS2/c1-9-5-6-10(13(19)7-9)15(24)21-16-22-23-17(26-16)25-8-11-12(18)3-2-4-14(11)20/h2-7H,8H2,1H3,(H,21,22,24). The van der Waals surface area contributed by atoms with Crippen molar-refractivity contribution in [3.8, 4) is 0 Å². The average molecular weight is 428 g/mol. The maximum absolute atomic E-state index is 13.8. The monoisotopic (exact) mass is 427 g/mol. The lowest BCUT2D eigenvalue weighted by Crippen LogP contribution is -2.12. The molecule has 134 valence electrons. The predicted octanol–water partition coefficient (Wildman–Crippen LogP) is 5.84. The molecule has 1 heterocycles. The van der Waals surface area contributed by atoms with E-state index in [1.807, 2.05) is 6.92 Å². The van der Waals surface area contributed by atoms with Crippen LogP contribution >= 0.6 is 46.3 Å². The molecule has 3 aromatic rings. The maximum atomic E-state index is 13.8.